The van der Waals surface area contributed by atoms with Gasteiger partial charge in [-0.05, 0) is 6.42 Å². The van der Waals surface area contributed by atoms with Gasteiger partial charge in [-0.3, -0.25) is 4.99 Å². The molecule has 20 heavy (non-hydrogen) atoms. The minimum absolute atomic E-state index is 0.0924. The maximum atomic E-state index is 5.45. The zero-order valence-corrected chi connectivity index (χ0v) is 12.7. The van der Waals surface area contributed by atoms with Gasteiger partial charge in [-0.25, -0.2) is 0 Å². The van der Waals surface area contributed by atoms with Gasteiger partial charge in [0.1, 0.15) is 0 Å². The van der Waals surface area contributed by atoms with Crippen molar-refractivity contribution in [1.29, 1.82) is 0 Å². The van der Waals surface area contributed by atoms with Crippen LogP contribution in [-0.4, -0.2) is 42.4 Å². The van der Waals surface area contributed by atoms with E-state index in [0.717, 1.165) is 12.4 Å². The molecule has 1 aliphatic carbocycles. The SMILES string of the molecule is CN=C(NCc1noc(C)n1)NC1CC(OC)C1(C)C. The summed E-state index contributed by atoms with van der Waals surface area (Å²) in [7, 11) is 3.50. The van der Waals surface area contributed by atoms with E-state index in [9.17, 15) is 0 Å². The number of aliphatic imine (C=N–C) groups is 1. The molecule has 0 bridgehead atoms. The molecule has 2 atom stereocenters. The Hall–Kier alpha value is -1.63. The Bertz CT molecular complexity index is 483. The first-order valence-electron chi connectivity index (χ1n) is 6.76. The second kappa shape index (κ2) is 5.78. The van der Waals surface area contributed by atoms with Crippen LogP contribution in [0.5, 0.6) is 0 Å². The van der Waals surface area contributed by atoms with Gasteiger partial charge in [-0.1, -0.05) is 19.0 Å². The number of nitrogens with zero attached hydrogens (tertiary/aromatic N) is 3. The highest BCUT2D eigenvalue weighted by molar-refractivity contribution is 5.80. The third kappa shape index (κ3) is 2.92. The van der Waals surface area contributed by atoms with Crippen molar-refractivity contribution in [2.45, 2.75) is 45.9 Å². The lowest BCUT2D eigenvalue weighted by atomic mass is 9.64. The monoisotopic (exact) mass is 281 g/mol. The Morgan fingerprint density at radius 2 is 2.30 bits per heavy atom. The fourth-order valence-corrected chi connectivity index (χ4v) is 2.47. The van der Waals surface area contributed by atoms with Crippen LogP contribution >= 0.6 is 0 Å². The first kappa shape index (κ1) is 14.8. The van der Waals surface area contributed by atoms with Crippen LogP contribution in [0.4, 0.5) is 0 Å². The zero-order chi connectivity index (χ0) is 14.8. The number of aromatic nitrogens is 2. The molecule has 0 spiro atoms. The fourth-order valence-electron chi connectivity index (χ4n) is 2.47. The van der Waals surface area contributed by atoms with E-state index in [1.807, 2.05) is 0 Å². The number of hydrogen-bond donors (Lipinski definition) is 2. The molecule has 0 radical (unpaired) electrons. The summed E-state index contributed by atoms with van der Waals surface area (Å²) in [5, 5.41) is 10.4. The molecule has 2 rings (SSSR count). The lowest BCUT2D eigenvalue weighted by Crippen LogP contribution is -2.63. The molecular formula is C13H23N5O2. The summed E-state index contributed by atoms with van der Waals surface area (Å²) in [5.41, 5.74) is 0.0924. The van der Waals surface area contributed by atoms with Gasteiger partial charge >= 0.3 is 0 Å². The summed E-state index contributed by atoms with van der Waals surface area (Å²) >= 11 is 0. The molecule has 0 amide bonds. The van der Waals surface area contributed by atoms with Crippen molar-refractivity contribution in [1.82, 2.24) is 20.8 Å². The molecular weight excluding hydrogens is 258 g/mol. The lowest BCUT2D eigenvalue weighted by Gasteiger charge is -2.51. The highest BCUT2D eigenvalue weighted by Crippen LogP contribution is 2.42. The Labute approximate surface area is 119 Å². The van der Waals surface area contributed by atoms with Gasteiger partial charge < -0.3 is 19.9 Å². The minimum atomic E-state index is 0.0924. The molecule has 1 saturated carbocycles. The first-order valence-corrected chi connectivity index (χ1v) is 6.76. The molecule has 1 fully saturated rings. The van der Waals surface area contributed by atoms with Crippen molar-refractivity contribution in [3.63, 3.8) is 0 Å². The molecule has 7 heteroatoms. The van der Waals surface area contributed by atoms with Crippen LogP contribution in [0.3, 0.4) is 0 Å². The maximum Gasteiger partial charge on any atom is 0.223 e. The van der Waals surface area contributed by atoms with Crippen LogP contribution in [0.15, 0.2) is 9.52 Å². The molecule has 1 heterocycles. The van der Waals surface area contributed by atoms with Gasteiger partial charge in [-0.2, -0.15) is 4.98 Å². The van der Waals surface area contributed by atoms with E-state index in [0.29, 0.717) is 24.3 Å². The van der Waals surface area contributed by atoms with Crippen LogP contribution in [0.2, 0.25) is 0 Å². The van der Waals surface area contributed by atoms with Crippen molar-refractivity contribution in [2.24, 2.45) is 10.4 Å². The van der Waals surface area contributed by atoms with E-state index >= 15 is 0 Å². The second-order valence-electron chi connectivity index (χ2n) is 5.63. The number of aryl methyl sites for hydroxylation is 1. The van der Waals surface area contributed by atoms with Gasteiger partial charge in [0.05, 0.1) is 12.6 Å². The van der Waals surface area contributed by atoms with Crippen LogP contribution in [0.25, 0.3) is 0 Å². The van der Waals surface area contributed by atoms with Crippen molar-refractivity contribution < 1.29 is 9.26 Å². The third-order valence-corrected chi connectivity index (χ3v) is 3.98. The predicted molar refractivity (Wildman–Crippen MR) is 75.4 cm³/mol. The summed E-state index contributed by atoms with van der Waals surface area (Å²) in [5.74, 6) is 1.92. The van der Waals surface area contributed by atoms with Gasteiger partial charge in [0, 0.05) is 32.5 Å². The van der Waals surface area contributed by atoms with Crippen LogP contribution in [0, 0.1) is 12.3 Å². The van der Waals surface area contributed by atoms with Crippen LogP contribution < -0.4 is 10.6 Å². The van der Waals surface area contributed by atoms with E-state index in [2.05, 4.69) is 39.6 Å². The van der Waals surface area contributed by atoms with Crippen molar-refractivity contribution in [3.8, 4) is 0 Å². The average molecular weight is 281 g/mol. The molecule has 7 nitrogen and oxygen atoms in total. The van der Waals surface area contributed by atoms with E-state index in [4.69, 9.17) is 9.26 Å². The summed E-state index contributed by atoms with van der Waals surface area (Å²) in [6.45, 7) is 6.64. The average Bonchev–Trinajstić information content (AvgIpc) is 2.83. The Kier molecular flexibility index (Phi) is 4.27. The van der Waals surface area contributed by atoms with Gasteiger partial charge in [0.2, 0.25) is 5.89 Å². The number of guanidine groups is 1. The van der Waals surface area contributed by atoms with Gasteiger partial charge in [-0.15, -0.1) is 0 Å². The number of methoxy groups -OCH3 is 1. The van der Waals surface area contributed by atoms with Gasteiger partial charge in [0.15, 0.2) is 11.8 Å². The summed E-state index contributed by atoms with van der Waals surface area (Å²) in [4.78, 5) is 8.36. The molecule has 0 saturated heterocycles. The molecule has 1 aromatic heterocycles. The van der Waals surface area contributed by atoms with E-state index in [1.165, 1.54) is 0 Å². The highest BCUT2D eigenvalue weighted by Gasteiger charge is 2.48. The zero-order valence-electron chi connectivity index (χ0n) is 12.7. The number of hydrogen-bond acceptors (Lipinski definition) is 5. The van der Waals surface area contributed by atoms with E-state index < -0.39 is 0 Å². The molecule has 2 N–H and O–H groups in total. The minimum Gasteiger partial charge on any atom is -0.381 e. The largest absolute Gasteiger partial charge is 0.381 e. The van der Waals surface area contributed by atoms with Crippen molar-refractivity contribution >= 4 is 5.96 Å². The lowest BCUT2D eigenvalue weighted by molar-refractivity contribution is -0.0922. The second-order valence-corrected chi connectivity index (χ2v) is 5.63. The summed E-state index contributed by atoms with van der Waals surface area (Å²) in [6, 6.07) is 0.339. The quantitative estimate of drug-likeness (QED) is 0.629. The standard InChI is InChI=1S/C13H23N5O2/c1-8-16-11(18-20-8)7-15-12(14-4)17-9-6-10(19-5)13(9,2)3/h9-10H,6-7H2,1-5H3,(H2,14,15,17). The first-order chi connectivity index (χ1) is 9.47. The molecule has 2 unspecified atom stereocenters. The molecule has 1 aromatic rings. The Morgan fingerprint density at radius 3 is 2.80 bits per heavy atom. The van der Waals surface area contributed by atoms with Gasteiger partial charge in [0.25, 0.3) is 0 Å². The Balaban J connectivity index is 1.85. The summed E-state index contributed by atoms with van der Waals surface area (Å²) < 4.78 is 10.4. The van der Waals surface area contributed by atoms with Crippen LogP contribution in [0.1, 0.15) is 32.0 Å². The van der Waals surface area contributed by atoms with Crippen molar-refractivity contribution in [2.75, 3.05) is 14.2 Å². The third-order valence-electron chi connectivity index (χ3n) is 3.98. The smallest absolute Gasteiger partial charge is 0.223 e. The number of nitrogens with one attached hydrogen (secondary N) is 2. The maximum absolute atomic E-state index is 5.45. The normalized spacial score (nSPS) is 25.1. The summed E-state index contributed by atoms with van der Waals surface area (Å²) in [6.07, 6.45) is 1.27. The fraction of sp³-hybridized carbons (Fsp3) is 0.769. The molecule has 0 aromatic carbocycles. The topological polar surface area (TPSA) is 84.6 Å². The highest BCUT2D eigenvalue weighted by atomic mass is 16.5. The Morgan fingerprint density at radius 1 is 1.55 bits per heavy atom. The van der Waals surface area contributed by atoms with Crippen LogP contribution in [-0.2, 0) is 11.3 Å². The molecule has 1 aliphatic rings. The number of ether oxygens (including phenoxy) is 1. The molecule has 0 aliphatic heterocycles. The number of rotatable bonds is 4. The van der Waals surface area contributed by atoms with E-state index in [-0.39, 0.29) is 11.5 Å². The predicted octanol–water partition coefficient (Wildman–Crippen LogP) is 0.857. The van der Waals surface area contributed by atoms with Crippen molar-refractivity contribution in [3.05, 3.63) is 11.7 Å². The van der Waals surface area contributed by atoms with E-state index in [1.54, 1.807) is 21.1 Å². The molecule has 112 valence electrons.